The number of aromatic amines is 1. The van der Waals surface area contributed by atoms with Gasteiger partial charge in [0, 0.05) is 18.4 Å². The first-order valence-electron chi connectivity index (χ1n) is 5.43. The van der Waals surface area contributed by atoms with Gasteiger partial charge in [0.25, 0.3) is 0 Å². The Morgan fingerprint density at radius 2 is 2.32 bits per heavy atom. The van der Waals surface area contributed by atoms with Gasteiger partial charge in [0.15, 0.2) is 11.0 Å². The molecule has 4 N–H and O–H groups in total. The van der Waals surface area contributed by atoms with E-state index in [1.54, 1.807) is 13.1 Å². The summed E-state index contributed by atoms with van der Waals surface area (Å²) in [6, 6.07) is 7.33. The molecule has 0 aliphatic heterocycles. The number of H-pyrrole nitrogens is 1. The van der Waals surface area contributed by atoms with E-state index in [-0.39, 0.29) is 11.5 Å². The third-order valence-electron chi connectivity index (χ3n) is 2.60. The molecule has 0 saturated carbocycles. The monoisotopic (exact) mass is 279 g/mol. The van der Waals surface area contributed by atoms with Crippen molar-refractivity contribution in [3.63, 3.8) is 0 Å². The number of rotatable bonds is 4. The Labute approximate surface area is 113 Å². The second-order valence-electron chi connectivity index (χ2n) is 3.80. The molecule has 0 radical (unpaired) electrons. The van der Waals surface area contributed by atoms with E-state index in [4.69, 9.17) is 10.9 Å². The molecule has 0 amide bonds. The molecule has 0 bridgehead atoms. The molecule has 0 saturated heterocycles. The molecular weight excluding hydrogens is 266 g/mol. The van der Waals surface area contributed by atoms with Gasteiger partial charge in [-0.3, -0.25) is 4.57 Å². The predicted octanol–water partition coefficient (Wildman–Crippen LogP) is 0.495. The van der Waals surface area contributed by atoms with Gasteiger partial charge in [0.1, 0.15) is 0 Å². The second-order valence-corrected chi connectivity index (χ2v) is 4.74. The lowest BCUT2D eigenvalue weighted by molar-refractivity contribution is 0.318. The fourth-order valence-electron chi connectivity index (χ4n) is 1.55. The van der Waals surface area contributed by atoms with Crippen LogP contribution < -0.4 is 11.4 Å². The zero-order chi connectivity index (χ0) is 13.8. The van der Waals surface area contributed by atoms with Crippen LogP contribution in [0, 0.1) is 0 Å². The molecule has 1 aromatic carbocycles. The van der Waals surface area contributed by atoms with E-state index in [1.165, 1.54) is 16.3 Å². The number of nitrogens with two attached hydrogens (primary N) is 1. The van der Waals surface area contributed by atoms with E-state index in [0.29, 0.717) is 16.5 Å². The maximum absolute atomic E-state index is 11.2. The number of hydrogen-bond acceptors (Lipinski definition) is 5. The molecule has 0 fully saturated rings. The summed E-state index contributed by atoms with van der Waals surface area (Å²) in [5, 5.41) is 18.6. The zero-order valence-corrected chi connectivity index (χ0v) is 11.0. The summed E-state index contributed by atoms with van der Waals surface area (Å²) >= 11 is 1.39. The van der Waals surface area contributed by atoms with Gasteiger partial charge in [-0.05, 0) is 5.56 Å². The fourth-order valence-corrected chi connectivity index (χ4v) is 2.48. The van der Waals surface area contributed by atoms with Gasteiger partial charge in [-0.2, -0.15) is 0 Å². The summed E-state index contributed by atoms with van der Waals surface area (Å²) in [6.45, 7) is 0. The molecule has 7 nitrogen and oxygen atoms in total. The van der Waals surface area contributed by atoms with Gasteiger partial charge in [0.2, 0.25) is 0 Å². The third-order valence-corrected chi connectivity index (χ3v) is 3.68. The second kappa shape index (κ2) is 5.61. The molecule has 100 valence electrons. The number of amidine groups is 1. The Kier molecular flexibility index (Phi) is 3.91. The third kappa shape index (κ3) is 2.79. The van der Waals surface area contributed by atoms with Crippen molar-refractivity contribution in [1.82, 2.24) is 14.8 Å². The number of aromatic nitrogens is 3. The smallest absolute Gasteiger partial charge is 0.343 e. The molecule has 8 heteroatoms. The minimum atomic E-state index is -0.257. The van der Waals surface area contributed by atoms with Gasteiger partial charge in [-0.1, -0.05) is 41.2 Å². The van der Waals surface area contributed by atoms with E-state index in [9.17, 15) is 4.79 Å². The highest BCUT2D eigenvalue weighted by Crippen LogP contribution is 2.21. The van der Waals surface area contributed by atoms with Crippen LogP contribution in [0.5, 0.6) is 0 Å². The summed E-state index contributed by atoms with van der Waals surface area (Å²) in [7, 11) is 1.64. The molecule has 0 atom stereocenters. The van der Waals surface area contributed by atoms with Crippen molar-refractivity contribution in [2.45, 2.75) is 10.9 Å². The number of benzene rings is 1. The van der Waals surface area contributed by atoms with E-state index in [2.05, 4.69) is 15.4 Å². The van der Waals surface area contributed by atoms with Crippen LogP contribution in [-0.2, 0) is 12.8 Å². The molecule has 2 aromatic rings. The normalized spacial score (nSPS) is 11.7. The summed E-state index contributed by atoms with van der Waals surface area (Å²) in [6.07, 6.45) is 0. The summed E-state index contributed by atoms with van der Waals surface area (Å²) in [5.41, 5.74) is 6.92. The van der Waals surface area contributed by atoms with Crippen LogP contribution in [0.4, 0.5) is 0 Å². The minimum absolute atomic E-state index is 0.0621. The van der Waals surface area contributed by atoms with Crippen molar-refractivity contribution in [1.29, 1.82) is 0 Å². The van der Waals surface area contributed by atoms with Crippen molar-refractivity contribution in [3.8, 4) is 0 Å². The van der Waals surface area contributed by atoms with Gasteiger partial charge >= 0.3 is 5.69 Å². The number of nitrogens with one attached hydrogen (secondary N) is 1. The van der Waals surface area contributed by atoms with Crippen molar-refractivity contribution in [2.75, 3.05) is 0 Å². The molecule has 0 spiro atoms. The molecular formula is C11H13N5O2S. The standard InChI is InChI=1S/C11H13N5O2S/c1-16-10(17)13-14-11(16)19-6-7-4-2-3-5-8(7)9(12)15-18/h2-5,18H,6H2,1H3,(H2,12,15)(H,13,17). The van der Waals surface area contributed by atoms with Crippen LogP contribution in [0.25, 0.3) is 0 Å². The summed E-state index contributed by atoms with van der Waals surface area (Å²) in [5.74, 6) is 0.622. The quantitative estimate of drug-likeness (QED) is 0.248. The number of oxime groups is 1. The molecule has 1 heterocycles. The van der Waals surface area contributed by atoms with Crippen LogP contribution in [0.15, 0.2) is 39.4 Å². The molecule has 19 heavy (non-hydrogen) atoms. The van der Waals surface area contributed by atoms with E-state index >= 15 is 0 Å². The fraction of sp³-hybridized carbons (Fsp3) is 0.182. The lowest BCUT2D eigenvalue weighted by Gasteiger charge is -2.07. The molecule has 2 rings (SSSR count). The average molecular weight is 279 g/mol. The van der Waals surface area contributed by atoms with Crippen LogP contribution in [0.2, 0.25) is 0 Å². The Morgan fingerprint density at radius 1 is 1.58 bits per heavy atom. The first-order chi connectivity index (χ1) is 9.13. The van der Waals surface area contributed by atoms with Crippen LogP contribution in [-0.4, -0.2) is 25.8 Å². The summed E-state index contributed by atoms with van der Waals surface area (Å²) in [4.78, 5) is 11.2. The molecule has 0 aliphatic carbocycles. The van der Waals surface area contributed by atoms with Crippen LogP contribution in [0.3, 0.4) is 0 Å². The Hall–Kier alpha value is -2.22. The zero-order valence-electron chi connectivity index (χ0n) is 10.2. The van der Waals surface area contributed by atoms with Crippen molar-refractivity contribution in [3.05, 3.63) is 45.9 Å². The predicted molar refractivity (Wildman–Crippen MR) is 72.3 cm³/mol. The van der Waals surface area contributed by atoms with Gasteiger partial charge in [-0.25, -0.2) is 9.89 Å². The number of thioether (sulfide) groups is 1. The van der Waals surface area contributed by atoms with E-state index < -0.39 is 0 Å². The lowest BCUT2D eigenvalue weighted by Crippen LogP contribution is -2.15. The Balaban J connectivity index is 2.20. The van der Waals surface area contributed by atoms with Crippen molar-refractivity contribution < 1.29 is 5.21 Å². The van der Waals surface area contributed by atoms with Gasteiger partial charge in [-0.15, -0.1) is 5.10 Å². The van der Waals surface area contributed by atoms with Crippen molar-refractivity contribution >= 4 is 17.6 Å². The lowest BCUT2D eigenvalue weighted by atomic mass is 10.1. The van der Waals surface area contributed by atoms with Gasteiger partial charge in [0.05, 0.1) is 0 Å². The van der Waals surface area contributed by atoms with Crippen LogP contribution >= 0.6 is 11.8 Å². The van der Waals surface area contributed by atoms with E-state index in [1.807, 2.05) is 18.2 Å². The Bertz CT molecular complexity index is 661. The highest BCUT2D eigenvalue weighted by Gasteiger charge is 2.09. The van der Waals surface area contributed by atoms with E-state index in [0.717, 1.165) is 5.56 Å². The van der Waals surface area contributed by atoms with Crippen molar-refractivity contribution in [2.24, 2.45) is 17.9 Å². The first-order valence-corrected chi connectivity index (χ1v) is 6.42. The average Bonchev–Trinajstić information content (AvgIpc) is 2.76. The molecule has 1 aromatic heterocycles. The molecule has 0 unspecified atom stereocenters. The Morgan fingerprint density at radius 3 is 2.95 bits per heavy atom. The molecule has 0 aliphatic rings. The minimum Gasteiger partial charge on any atom is -0.409 e. The first kappa shape index (κ1) is 13.2. The van der Waals surface area contributed by atoms with Crippen LogP contribution in [0.1, 0.15) is 11.1 Å². The maximum Gasteiger partial charge on any atom is 0.343 e. The summed E-state index contributed by atoms with van der Waals surface area (Å²) < 4.78 is 1.43. The SMILES string of the molecule is Cn1c(SCc2ccccc2C(N)=NO)n[nH]c1=O. The number of nitrogens with zero attached hydrogens (tertiary/aromatic N) is 3. The topological polar surface area (TPSA) is 109 Å². The highest BCUT2D eigenvalue weighted by atomic mass is 32.2. The largest absolute Gasteiger partial charge is 0.409 e. The number of hydrogen-bond donors (Lipinski definition) is 3. The maximum atomic E-state index is 11.2. The van der Waals surface area contributed by atoms with Gasteiger partial charge < -0.3 is 10.9 Å². The highest BCUT2D eigenvalue weighted by molar-refractivity contribution is 7.98.